The Balaban J connectivity index is 1.07. The lowest BCUT2D eigenvalue weighted by molar-refractivity contribution is -0.136. The van der Waals surface area contributed by atoms with Gasteiger partial charge in [0.1, 0.15) is 17.9 Å². The highest BCUT2D eigenvalue weighted by Gasteiger charge is 2.39. The van der Waals surface area contributed by atoms with Gasteiger partial charge >= 0.3 is 0 Å². The van der Waals surface area contributed by atoms with Gasteiger partial charge in [-0.15, -0.1) is 0 Å². The van der Waals surface area contributed by atoms with Crippen molar-refractivity contribution in [3.05, 3.63) is 71.0 Å². The highest BCUT2D eigenvalue weighted by atomic mass is 16.5. The van der Waals surface area contributed by atoms with Crippen molar-refractivity contribution in [1.82, 2.24) is 25.4 Å². The summed E-state index contributed by atoms with van der Waals surface area (Å²) in [6.45, 7) is 2.67. The molecule has 39 heavy (non-hydrogen) atoms. The van der Waals surface area contributed by atoms with E-state index in [1.54, 1.807) is 18.0 Å². The Hall–Kier alpha value is -4.31. The van der Waals surface area contributed by atoms with Gasteiger partial charge in [-0.2, -0.15) is 0 Å². The summed E-state index contributed by atoms with van der Waals surface area (Å²) in [6.07, 6.45) is 3.28. The maximum Gasteiger partial charge on any atom is 0.255 e. The van der Waals surface area contributed by atoms with Crippen LogP contribution < -0.4 is 15.4 Å². The number of carbonyl (C=O) groups excluding carboxylic acids is 4. The molecule has 0 bridgehead atoms. The van der Waals surface area contributed by atoms with Gasteiger partial charge in [0.15, 0.2) is 0 Å². The smallest absolute Gasteiger partial charge is 0.255 e. The molecule has 4 amide bonds. The zero-order valence-electron chi connectivity index (χ0n) is 21.6. The summed E-state index contributed by atoms with van der Waals surface area (Å²) in [6, 6.07) is 12.5. The molecule has 1 unspecified atom stereocenters. The van der Waals surface area contributed by atoms with Crippen LogP contribution in [0.1, 0.15) is 51.2 Å². The molecule has 10 nitrogen and oxygen atoms in total. The summed E-state index contributed by atoms with van der Waals surface area (Å²) < 4.78 is 6.28. The number of likely N-dealkylation sites (tertiary alicyclic amines) is 1. The molecule has 2 atom stereocenters. The lowest BCUT2D eigenvalue weighted by atomic mass is 10.0. The third kappa shape index (κ3) is 4.95. The second-order valence-electron chi connectivity index (χ2n) is 10.3. The summed E-state index contributed by atoms with van der Waals surface area (Å²) in [7, 11) is 1.61. The number of carbonyl (C=O) groups is 4. The average molecular weight is 528 g/mol. The Morgan fingerprint density at radius 1 is 1.10 bits per heavy atom. The second-order valence-corrected chi connectivity index (χ2v) is 10.3. The van der Waals surface area contributed by atoms with Crippen LogP contribution in [0.2, 0.25) is 0 Å². The third-order valence-corrected chi connectivity index (χ3v) is 7.68. The molecule has 2 N–H and O–H groups in total. The fourth-order valence-electron chi connectivity index (χ4n) is 5.64. The lowest BCUT2D eigenvalue weighted by Gasteiger charge is -2.29. The van der Waals surface area contributed by atoms with Crippen molar-refractivity contribution >= 4 is 34.4 Å². The molecule has 2 saturated heterocycles. The van der Waals surface area contributed by atoms with Gasteiger partial charge in [0.25, 0.3) is 11.8 Å². The molecule has 6 rings (SSSR count). The molecular formula is C29H29N5O5. The molecule has 0 radical (unpaired) electrons. The average Bonchev–Trinajstić information content (AvgIpc) is 3.51. The van der Waals surface area contributed by atoms with E-state index in [1.165, 1.54) is 0 Å². The van der Waals surface area contributed by atoms with Crippen molar-refractivity contribution < 1.29 is 23.9 Å². The molecule has 2 fully saturated rings. The Morgan fingerprint density at radius 2 is 1.97 bits per heavy atom. The number of hydrogen-bond acceptors (Lipinski definition) is 7. The van der Waals surface area contributed by atoms with Crippen molar-refractivity contribution in [1.29, 1.82) is 0 Å². The number of aromatic nitrogens is 1. The van der Waals surface area contributed by atoms with E-state index in [0.29, 0.717) is 36.4 Å². The summed E-state index contributed by atoms with van der Waals surface area (Å²) in [5, 5.41) is 6.94. The summed E-state index contributed by atoms with van der Waals surface area (Å²) in [4.78, 5) is 57.1. The number of nitrogens with zero attached hydrogens (tertiary/aromatic N) is 3. The molecule has 3 aliphatic heterocycles. The largest absolute Gasteiger partial charge is 0.489 e. The quantitative estimate of drug-likeness (QED) is 0.471. The van der Waals surface area contributed by atoms with E-state index in [0.717, 1.165) is 41.5 Å². The molecule has 3 aromatic rings. The topological polar surface area (TPSA) is 121 Å². The van der Waals surface area contributed by atoms with Gasteiger partial charge in [-0.25, -0.2) is 0 Å². The molecule has 10 heteroatoms. The van der Waals surface area contributed by atoms with E-state index in [4.69, 9.17) is 4.74 Å². The number of hydrogen-bond donors (Lipinski definition) is 2. The number of rotatable bonds is 6. The predicted molar refractivity (Wildman–Crippen MR) is 142 cm³/mol. The standard InChI is InChI=1S/C29H29N5O5/c1-30-27(36)18-3-2-17-11-21(31-13-19(17)10-18)15-33-9-8-23(16-33)39-22-4-5-24-20(12-22)14-34(29(24)38)25-6-7-26(35)32-28(25)37/h2-5,10-13,23,25H,6-9,14-16H2,1H3,(H,30,36)(H,32,35,37)/t23-,25?/m0/s1. The Bertz CT molecular complexity index is 1500. The minimum Gasteiger partial charge on any atom is -0.489 e. The van der Waals surface area contributed by atoms with E-state index >= 15 is 0 Å². The van der Waals surface area contributed by atoms with E-state index < -0.39 is 11.9 Å². The van der Waals surface area contributed by atoms with Crippen LogP contribution in [0.15, 0.2) is 48.7 Å². The highest BCUT2D eigenvalue weighted by Crippen LogP contribution is 2.31. The van der Waals surface area contributed by atoms with Gasteiger partial charge in [-0.1, -0.05) is 6.07 Å². The molecule has 2 aromatic carbocycles. The van der Waals surface area contributed by atoms with Gasteiger partial charge in [0, 0.05) is 62.4 Å². The molecule has 4 heterocycles. The number of piperidine rings is 1. The van der Waals surface area contributed by atoms with Crippen LogP contribution in [-0.2, 0) is 22.7 Å². The van der Waals surface area contributed by atoms with Crippen molar-refractivity contribution in [2.75, 3.05) is 20.1 Å². The summed E-state index contributed by atoms with van der Waals surface area (Å²) in [5.41, 5.74) is 2.97. The Labute approximate surface area is 225 Å². The van der Waals surface area contributed by atoms with Crippen molar-refractivity contribution in [2.45, 2.75) is 44.5 Å². The van der Waals surface area contributed by atoms with Crippen molar-refractivity contribution in [3.63, 3.8) is 0 Å². The van der Waals surface area contributed by atoms with Gasteiger partial charge in [0.05, 0.1) is 5.69 Å². The van der Waals surface area contributed by atoms with E-state index in [9.17, 15) is 19.2 Å². The first-order chi connectivity index (χ1) is 18.9. The number of fused-ring (bicyclic) bond motifs is 2. The molecular weight excluding hydrogens is 498 g/mol. The number of imide groups is 1. The highest BCUT2D eigenvalue weighted by molar-refractivity contribution is 6.05. The van der Waals surface area contributed by atoms with Crippen LogP contribution in [-0.4, -0.2) is 70.7 Å². The van der Waals surface area contributed by atoms with E-state index in [2.05, 4.69) is 26.6 Å². The molecule has 0 spiro atoms. The van der Waals surface area contributed by atoms with Crippen LogP contribution in [0.4, 0.5) is 0 Å². The number of ether oxygens (including phenoxy) is 1. The maximum absolute atomic E-state index is 12.9. The number of amides is 4. The predicted octanol–water partition coefficient (Wildman–Crippen LogP) is 2.01. The van der Waals surface area contributed by atoms with Crippen LogP contribution >= 0.6 is 0 Å². The number of benzene rings is 2. The van der Waals surface area contributed by atoms with Crippen molar-refractivity contribution in [3.8, 4) is 5.75 Å². The molecule has 0 aliphatic carbocycles. The van der Waals surface area contributed by atoms with E-state index in [1.807, 2.05) is 36.5 Å². The number of nitrogens with one attached hydrogen (secondary N) is 2. The minimum absolute atomic E-state index is 0.0157. The van der Waals surface area contributed by atoms with Gasteiger partial charge < -0.3 is 15.0 Å². The summed E-state index contributed by atoms with van der Waals surface area (Å²) >= 11 is 0. The monoisotopic (exact) mass is 527 g/mol. The fraction of sp³-hybridized carbons (Fsp3) is 0.345. The zero-order chi connectivity index (χ0) is 27.1. The normalized spacial score (nSPS) is 21.3. The van der Waals surface area contributed by atoms with E-state index in [-0.39, 0.29) is 30.2 Å². The zero-order valence-corrected chi connectivity index (χ0v) is 21.6. The maximum atomic E-state index is 12.9. The first-order valence-electron chi connectivity index (χ1n) is 13.2. The van der Waals surface area contributed by atoms with Crippen molar-refractivity contribution in [2.24, 2.45) is 0 Å². The molecule has 3 aliphatic rings. The lowest BCUT2D eigenvalue weighted by Crippen LogP contribution is -2.52. The number of pyridine rings is 1. The molecule has 0 saturated carbocycles. The fourth-order valence-corrected chi connectivity index (χ4v) is 5.64. The minimum atomic E-state index is -0.628. The molecule has 1 aromatic heterocycles. The second kappa shape index (κ2) is 10.1. The van der Waals surface area contributed by atoms with Crippen LogP contribution in [0, 0.1) is 0 Å². The third-order valence-electron chi connectivity index (χ3n) is 7.68. The summed E-state index contributed by atoms with van der Waals surface area (Å²) in [5.74, 6) is -0.315. The van der Waals surface area contributed by atoms with Crippen LogP contribution in [0.5, 0.6) is 5.75 Å². The van der Waals surface area contributed by atoms with Crippen LogP contribution in [0.3, 0.4) is 0 Å². The van der Waals surface area contributed by atoms with Gasteiger partial charge in [-0.3, -0.25) is 34.4 Å². The first-order valence-corrected chi connectivity index (χ1v) is 13.2. The van der Waals surface area contributed by atoms with Gasteiger partial charge in [0.2, 0.25) is 11.8 Å². The SMILES string of the molecule is CNC(=O)c1ccc2cc(CN3CC[C@H](Oc4ccc5c(c4)CN(C4CCC(=O)NC4=O)C5=O)C3)ncc2c1. The molecule has 200 valence electrons. The van der Waals surface area contributed by atoms with Crippen LogP contribution in [0.25, 0.3) is 10.8 Å². The first kappa shape index (κ1) is 25.0. The van der Waals surface area contributed by atoms with Gasteiger partial charge in [-0.05, 0) is 60.2 Å². The Kier molecular flexibility index (Phi) is 6.48. The Morgan fingerprint density at radius 3 is 2.79 bits per heavy atom.